The van der Waals surface area contributed by atoms with Crippen LogP contribution in [0.5, 0.6) is 0 Å². The van der Waals surface area contributed by atoms with Gasteiger partial charge in [-0.1, -0.05) is 115 Å². The quantitative estimate of drug-likeness (QED) is 0.212. The van der Waals surface area contributed by atoms with E-state index in [1.54, 1.807) is 0 Å². The highest BCUT2D eigenvalue weighted by atomic mass is 32.2. The molecule has 1 unspecified atom stereocenters. The van der Waals surface area contributed by atoms with Crippen LogP contribution < -0.4 is 0 Å². The molecular weight excluding hydrogens is 532 g/mol. The van der Waals surface area contributed by atoms with E-state index in [0.717, 1.165) is 60.3 Å². The van der Waals surface area contributed by atoms with Crippen molar-refractivity contribution in [3.63, 3.8) is 0 Å². The van der Waals surface area contributed by atoms with Gasteiger partial charge in [-0.05, 0) is 48.0 Å². The molecule has 3 nitrogen and oxygen atoms in total. The van der Waals surface area contributed by atoms with E-state index in [1.165, 1.54) is 0 Å². The van der Waals surface area contributed by atoms with Gasteiger partial charge in [-0.15, -0.1) is 0 Å². The predicted octanol–water partition coefficient (Wildman–Crippen LogP) is 9.60. The molecule has 2 heterocycles. The molecule has 7 aromatic rings. The molecule has 0 spiro atoms. The van der Waals surface area contributed by atoms with Gasteiger partial charge in [0.25, 0.3) is 0 Å². The summed E-state index contributed by atoms with van der Waals surface area (Å²) in [6.07, 6.45) is 0. The maximum atomic E-state index is 15.4. The molecule has 42 heavy (non-hydrogen) atoms. The first-order valence-corrected chi connectivity index (χ1v) is 15.5. The Hall–Kier alpha value is -5.19. The van der Waals surface area contributed by atoms with Gasteiger partial charge in [-0.25, -0.2) is 4.21 Å². The van der Waals surface area contributed by atoms with E-state index >= 15 is 4.21 Å². The highest BCUT2D eigenvalue weighted by Gasteiger charge is 2.30. The Kier molecular flexibility index (Phi) is 5.69. The first-order chi connectivity index (χ1) is 20.7. The molecular formula is C38H26N2OS. The fraction of sp³-hybridized carbons (Fsp3) is 0. The summed E-state index contributed by atoms with van der Waals surface area (Å²) in [6, 6.07) is 53.4. The molecule has 0 saturated heterocycles. The van der Waals surface area contributed by atoms with Crippen molar-refractivity contribution in [2.45, 2.75) is 9.79 Å². The molecule has 200 valence electrons. The van der Waals surface area contributed by atoms with Crippen LogP contribution in [0.2, 0.25) is 0 Å². The summed E-state index contributed by atoms with van der Waals surface area (Å²) in [5.41, 5.74) is 7.97. The minimum Gasteiger partial charge on any atom is -0.309 e. The average Bonchev–Trinajstić information content (AvgIpc) is 3.40. The van der Waals surface area contributed by atoms with Gasteiger partial charge in [-0.3, -0.25) is 0 Å². The van der Waals surface area contributed by atoms with Crippen molar-refractivity contribution in [1.82, 2.24) is 4.57 Å². The van der Waals surface area contributed by atoms with Crippen molar-refractivity contribution in [3.05, 3.63) is 174 Å². The summed E-state index contributed by atoms with van der Waals surface area (Å²) in [4.78, 5) is 1.45. The van der Waals surface area contributed by atoms with E-state index in [9.17, 15) is 0 Å². The fourth-order valence-electron chi connectivity index (χ4n) is 6.11. The first-order valence-electron chi connectivity index (χ1n) is 14.0. The second-order valence-corrected chi connectivity index (χ2v) is 12.6. The minimum absolute atomic E-state index is 0.707. The van der Waals surface area contributed by atoms with Crippen LogP contribution in [0.15, 0.2) is 172 Å². The highest BCUT2D eigenvalue weighted by molar-refractivity contribution is 7.94. The van der Waals surface area contributed by atoms with Crippen molar-refractivity contribution < 1.29 is 4.21 Å². The van der Waals surface area contributed by atoms with E-state index in [2.05, 4.69) is 83.4 Å². The van der Waals surface area contributed by atoms with Gasteiger partial charge in [0.2, 0.25) is 0 Å². The molecule has 0 fully saturated rings. The van der Waals surface area contributed by atoms with E-state index in [0.29, 0.717) is 4.90 Å². The molecule has 0 amide bonds. The number of benzene rings is 6. The summed E-state index contributed by atoms with van der Waals surface area (Å²) in [5.74, 6) is 0. The van der Waals surface area contributed by atoms with Crippen molar-refractivity contribution >= 4 is 42.8 Å². The lowest BCUT2D eigenvalue weighted by atomic mass is 9.93. The smallest absolute Gasteiger partial charge is 0.109 e. The molecule has 0 saturated carbocycles. The van der Waals surface area contributed by atoms with Crippen molar-refractivity contribution in [2.75, 3.05) is 0 Å². The Balaban J connectivity index is 1.45. The van der Waals surface area contributed by atoms with Gasteiger partial charge in [0.1, 0.15) is 9.73 Å². The van der Waals surface area contributed by atoms with Crippen molar-refractivity contribution in [3.8, 4) is 5.69 Å². The van der Waals surface area contributed by atoms with E-state index in [4.69, 9.17) is 4.36 Å². The zero-order chi connectivity index (χ0) is 28.1. The van der Waals surface area contributed by atoms with E-state index in [-0.39, 0.29) is 0 Å². The number of para-hydroxylation sites is 2. The largest absolute Gasteiger partial charge is 0.309 e. The summed E-state index contributed by atoms with van der Waals surface area (Å²) in [5, 5.41) is 2.18. The lowest BCUT2D eigenvalue weighted by Gasteiger charge is -2.25. The van der Waals surface area contributed by atoms with Crippen LogP contribution >= 0.6 is 0 Å². The Bertz CT molecular complexity index is 2270. The fourth-order valence-corrected chi connectivity index (χ4v) is 8.29. The summed E-state index contributed by atoms with van der Waals surface area (Å²) >= 11 is 0. The topological polar surface area (TPSA) is 34.4 Å². The number of hydrogen-bond acceptors (Lipinski definition) is 2. The third-order valence-electron chi connectivity index (χ3n) is 8.00. The normalized spacial score (nSPS) is 16.4. The van der Waals surface area contributed by atoms with Gasteiger partial charge in [0, 0.05) is 33.2 Å². The Morgan fingerprint density at radius 1 is 0.524 bits per heavy atom. The third kappa shape index (κ3) is 3.76. The summed E-state index contributed by atoms with van der Waals surface area (Å²) in [7, 11) is -3.02. The maximum absolute atomic E-state index is 15.4. The monoisotopic (exact) mass is 558 g/mol. The zero-order valence-electron chi connectivity index (χ0n) is 22.7. The number of fused-ring (bicyclic) bond motifs is 4. The van der Waals surface area contributed by atoms with Crippen LogP contribution in [0.4, 0.5) is 0 Å². The second kappa shape index (κ2) is 9.72. The van der Waals surface area contributed by atoms with Crippen LogP contribution in [0.3, 0.4) is 0 Å². The Morgan fingerprint density at radius 3 is 1.88 bits per heavy atom. The zero-order valence-corrected chi connectivity index (χ0v) is 23.5. The van der Waals surface area contributed by atoms with Gasteiger partial charge < -0.3 is 4.57 Å². The Labute approximate surface area is 245 Å². The predicted molar refractivity (Wildman–Crippen MR) is 173 cm³/mol. The molecule has 1 aliphatic heterocycles. The SMILES string of the molecule is O=S1(c2ccc3c(c2)c2ccccc2n3-c2ccccc2)=NC(c2ccccc2)=C(c2ccccc2)c2ccccc21. The molecule has 0 aliphatic carbocycles. The number of nitrogens with zero attached hydrogens (tertiary/aromatic N) is 2. The third-order valence-corrected chi connectivity index (χ3v) is 10.3. The van der Waals surface area contributed by atoms with E-state index in [1.807, 2.05) is 78.9 Å². The van der Waals surface area contributed by atoms with Crippen LogP contribution in [0.25, 0.3) is 38.8 Å². The van der Waals surface area contributed by atoms with Gasteiger partial charge in [0.05, 0.1) is 26.5 Å². The summed E-state index contributed by atoms with van der Waals surface area (Å²) < 4.78 is 22.9. The molecule has 1 aromatic heterocycles. The average molecular weight is 559 g/mol. The minimum atomic E-state index is -3.02. The lowest BCUT2D eigenvalue weighted by molar-refractivity contribution is 0.676. The van der Waals surface area contributed by atoms with Gasteiger partial charge >= 0.3 is 0 Å². The standard InChI is InChI=1S/C38H26N2OS/c41-42(30-24-25-35-33(26-30)31-20-10-12-22-34(31)40(35)29-18-8-3-9-19-29)36-23-13-11-21-32(36)37(27-14-4-1-5-15-27)38(39-42)28-16-6-2-7-17-28/h1-26H. The van der Waals surface area contributed by atoms with E-state index < -0.39 is 9.73 Å². The molecule has 0 bridgehead atoms. The number of rotatable bonds is 4. The first kappa shape index (κ1) is 24.6. The van der Waals surface area contributed by atoms with Crippen LogP contribution in [0.1, 0.15) is 16.7 Å². The molecule has 6 aromatic carbocycles. The van der Waals surface area contributed by atoms with Crippen LogP contribution in [0, 0.1) is 0 Å². The van der Waals surface area contributed by atoms with Gasteiger partial charge in [-0.2, -0.15) is 4.36 Å². The van der Waals surface area contributed by atoms with Gasteiger partial charge in [0.15, 0.2) is 0 Å². The highest BCUT2D eigenvalue weighted by Crippen LogP contribution is 2.45. The molecule has 4 heteroatoms. The summed E-state index contributed by atoms with van der Waals surface area (Å²) in [6.45, 7) is 0. The van der Waals surface area contributed by atoms with Crippen LogP contribution in [-0.4, -0.2) is 8.78 Å². The molecule has 0 N–H and O–H groups in total. The van der Waals surface area contributed by atoms with Crippen LogP contribution in [-0.2, 0) is 9.73 Å². The number of aromatic nitrogens is 1. The Morgan fingerprint density at radius 2 is 1.12 bits per heavy atom. The second-order valence-electron chi connectivity index (χ2n) is 10.4. The lowest BCUT2D eigenvalue weighted by Crippen LogP contribution is -2.12. The molecule has 1 atom stereocenters. The van der Waals surface area contributed by atoms with Crippen molar-refractivity contribution in [1.29, 1.82) is 0 Å². The molecule has 8 rings (SSSR count). The molecule has 0 radical (unpaired) electrons. The maximum Gasteiger partial charge on any atom is 0.109 e. The van der Waals surface area contributed by atoms with Crippen molar-refractivity contribution in [2.24, 2.45) is 4.36 Å². The molecule has 1 aliphatic rings. The number of hydrogen-bond donors (Lipinski definition) is 0.